The van der Waals surface area contributed by atoms with Crippen molar-refractivity contribution in [3.63, 3.8) is 0 Å². The van der Waals surface area contributed by atoms with Gasteiger partial charge in [0, 0.05) is 0 Å². The SMILES string of the molecule is CC[C@@H](Oc1cc(C)ccc1C)C(=O)N[C@@H](C)c1ccc2c(c1)OCCO2. The van der Waals surface area contributed by atoms with Crippen LogP contribution in [0.3, 0.4) is 0 Å². The van der Waals surface area contributed by atoms with Crippen molar-refractivity contribution in [2.45, 2.75) is 46.3 Å². The van der Waals surface area contributed by atoms with E-state index in [2.05, 4.69) is 5.32 Å². The minimum absolute atomic E-state index is 0.124. The number of carbonyl (C=O) groups excluding carboxylic acids is 1. The Labute approximate surface area is 160 Å². The Balaban J connectivity index is 1.68. The Morgan fingerprint density at radius 3 is 2.59 bits per heavy atom. The lowest BCUT2D eigenvalue weighted by molar-refractivity contribution is -0.128. The molecule has 0 unspecified atom stereocenters. The van der Waals surface area contributed by atoms with Crippen molar-refractivity contribution < 1.29 is 19.0 Å². The number of rotatable bonds is 6. The van der Waals surface area contributed by atoms with Gasteiger partial charge in [-0.1, -0.05) is 25.1 Å². The van der Waals surface area contributed by atoms with E-state index in [1.54, 1.807) is 0 Å². The maximum Gasteiger partial charge on any atom is 0.261 e. The minimum Gasteiger partial charge on any atom is -0.486 e. The maximum atomic E-state index is 12.8. The fraction of sp³-hybridized carbons (Fsp3) is 0.409. The van der Waals surface area contributed by atoms with E-state index in [9.17, 15) is 4.79 Å². The number of ether oxygens (including phenoxy) is 3. The van der Waals surface area contributed by atoms with Gasteiger partial charge in [0.25, 0.3) is 5.91 Å². The second-order valence-corrected chi connectivity index (χ2v) is 6.92. The maximum absolute atomic E-state index is 12.8. The van der Waals surface area contributed by atoms with E-state index in [0.29, 0.717) is 19.6 Å². The van der Waals surface area contributed by atoms with E-state index >= 15 is 0 Å². The van der Waals surface area contributed by atoms with Crippen LogP contribution in [-0.4, -0.2) is 25.2 Å². The summed E-state index contributed by atoms with van der Waals surface area (Å²) in [6, 6.07) is 11.6. The van der Waals surface area contributed by atoms with Gasteiger partial charge in [0.2, 0.25) is 0 Å². The fourth-order valence-electron chi connectivity index (χ4n) is 3.03. The highest BCUT2D eigenvalue weighted by Crippen LogP contribution is 2.32. The Morgan fingerprint density at radius 1 is 1.11 bits per heavy atom. The smallest absolute Gasteiger partial charge is 0.261 e. The molecule has 2 atom stereocenters. The summed E-state index contributed by atoms with van der Waals surface area (Å²) in [5.74, 6) is 2.09. The normalized spacial score (nSPS) is 15.0. The van der Waals surface area contributed by atoms with Gasteiger partial charge in [-0.15, -0.1) is 0 Å². The number of amides is 1. The molecule has 0 aliphatic carbocycles. The zero-order valence-corrected chi connectivity index (χ0v) is 16.4. The first-order chi connectivity index (χ1) is 13.0. The highest BCUT2D eigenvalue weighted by atomic mass is 16.6. The summed E-state index contributed by atoms with van der Waals surface area (Å²) in [6.45, 7) is 9.00. The summed E-state index contributed by atoms with van der Waals surface area (Å²) in [6.07, 6.45) is 0.0535. The van der Waals surface area contributed by atoms with Crippen molar-refractivity contribution in [2.75, 3.05) is 13.2 Å². The highest BCUT2D eigenvalue weighted by molar-refractivity contribution is 5.81. The average molecular weight is 369 g/mol. The lowest BCUT2D eigenvalue weighted by Crippen LogP contribution is -2.39. The number of carbonyl (C=O) groups is 1. The zero-order valence-electron chi connectivity index (χ0n) is 16.4. The first-order valence-electron chi connectivity index (χ1n) is 9.41. The molecule has 0 aromatic heterocycles. The Kier molecular flexibility index (Phi) is 5.89. The van der Waals surface area contributed by atoms with E-state index in [1.807, 2.05) is 64.1 Å². The molecule has 1 amide bonds. The fourth-order valence-corrected chi connectivity index (χ4v) is 3.03. The summed E-state index contributed by atoms with van der Waals surface area (Å²) in [7, 11) is 0. The van der Waals surface area contributed by atoms with Gasteiger partial charge in [-0.05, 0) is 62.1 Å². The van der Waals surface area contributed by atoms with Gasteiger partial charge in [-0.2, -0.15) is 0 Å². The van der Waals surface area contributed by atoms with Crippen LogP contribution < -0.4 is 19.5 Å². The van der Waals surface area contributed by atoms with Crippen LogP contribution in [0.1, 0.15) is 43.0 Å². The number of fused-ring (bicyclic) bond motifs is 1. The van der Waals surface area contributed by atoms with E-state index in [-0.39, 0.29) is 11.9 Å². The lowest BCUT2D eigenvalue weighted by Gasteiger charge is -2.23. The molecular weight excluding hydrogens is 342 g/mol. The van der Waals surface area contributed by atoms with Gasteiger partial charge in [-0.3, -0.25) is 4.79 Å². The molecule has 5 heteroatoms. The highest BCUT2D eigenvalue weighted by Gasteiger charge is 2.22. The van der Waals surface area contributed by atoms with Gasteiger partial charge in [0.15, 0.2) is 17.6 Å². The van der Waals surface area contributed by atoms with Crippen LogP contribution in [0.2, 0.25) is 0 Å². The molecule has 1 N–H and O–H groups in total. The van der Waals surface area contributed by atoms with Crippen LogP contribution in [0.15, 0.2) is 36.4 Å². The number of hydrogen-bond donors (Lipinski definition) is 1. The second-order valence-electron chi connectivity index (χ2n) is 6.92. The predicted octanol–water partition coefficient (Wildman–Crippen LogP) is 4.11. The zero-order chi connectivity index (χ0) is 19.4. The second kappa shape index (κ2) is 8.33. The molecule has 1 aliphatic heterocycles. The Hall–Kier alpha value is -2.69. The van der Waals surface area contributed by atoms with Crippen LogP contribution >= 0.6 is 0 Å². The molecule has 0 saturated heterocycles. The van der Waals surface area contributed by atoms with Crippen LogP contribution in [0.4, 0.5) is 0 Å². The first kappa shape index (κ1) is 19.1. The van der Waals surface area contributed by atoms with Crippen LogP contribution in [-0.2, 0) is 4.79 Å². The summed E-state index contributed by atoms with van der Waals surface area (Å²) in [5, 5.41) is 3.05. The van der Waals surface area contributed by atoms with Crippen LogP contribution in [0, 0.1) is 13.8 Å². The third-order valence-corrected chi connectivity index (χ3v) is 4.70. The molecule has 1 heterocycles. The number of benzene rings is 2. The summed E-state index contributed by atoms with van der Waals surface area (Å²) < 4.78 is 17.2. The molecule has 0 radical (unpaired) electrons. The Bertz CT molecular complexity index is 818. The summed E-state index contributed by atoms with van der Waals surface area (Å²) >= 11 is 0. The molecule has 3 rings (SSSR count). The van der Waals surface area contributed by atoms with E-state index in [0.717, 1.165) is 33.9 Å². The van der Waals surface area contributed by atoms with Gasteiger partial charge in [0.05, 0.1) is 6.04 Å². The third kappa shape index (κ3) is 4.54. The summed E-state index contributed by atoms with van der Waals surface area (Å²) in [5.41, 5.74) is 3.09. The van der Waals surface area contributed by atoms with Crippen molar-refractivity contribution in [3.05, 3.63) is 53.1 Å². The molecule has 0 bridgehead atoms. The van der Waals surface area contributed by atoms with Crippen molar-refractivity contribution in [1.29, 1.82) is 0 Å². The summed E-state index contributed by atoms with van der Waals surface area (Å²) in [4.78, 5) is 12.8. The van der Waals surface area contributed by atoms with E-state index in [4.69, 9.17) is 14.2 Å². The number of hydrogen-bond acceptors (Lipinski definition) is 4. The molecule has 27 heavy (non-hydrogen) atoms. The van der Waals surface area contributed by atoms with Crippen LogP contribution in [0.5, 0.6) is 17.2 Å². The van der Waals surface area contributed by atoms with Crippen molar-refractivity contribution in [1.82, 2.24) is 5.32 Å². The Morgan fingerprint density at radius 2 is 1.85 bits per heavy atom. The van der Waals surface area contributed by atoms with E-state index < -0.39 is 6.10 Å². The molecule has 5 nitrogen and oxygen atoms in total. The largest absolute Gasteiger partial charge is 0.486 e. The lowest BCUT2D eigenvalue weighted by atomic mass is 10.1. The molecule has 144 valence electrons. The standard InChI is InChI=1S/C22H27NO4/c1-5-18(27-20-12-14(2)6-7-15(20)3)22(24)23-16(4)17-8-9-19-21(13-17)26-11-10-25-19/h6-9,12-13,16,18H,5,10-11H2,1-4H3,(H,23,24)/t16-,18+/m0/s1. The average Bonchev–Trinajstić information content (AvgIpc) is 2.68. The van der Waals surface area contributed by atoms with Crippen molar-refractivity contribution >= 4 is 5.91 Å². The monoisotopic (exact) mass is 369 g/mol. The van der Waals surface area contributed by atoms with Gasteiger partial charge >= 0.3 is 0 Å². The molecule has 0 saturated carbocycles. The molecular formula is C22H27NO4. The molecule has 0 spiro atoms. The molecule has 2 aromatic rings. The molecule has 1 aliphatic rings. The third-order valence-electron chi connectivity index (χ3n) is 4.70. The van der Waals surface area contributed by atoms with Crippen molar-refractivity contribution in [2.24, 2.45) is 0 Å². The molecule has 0 fully saturated rings. The van der Waals surface area contributed by atoms with Gasteiger partial charge < -0.3 is 19.5 Å². The predicted molar refractivity (Wildman–Crippen MR) is 105 cm³/mol. The van der Waals surface area contributed by atoms with Gasteiger partial charge in [0.1, 0.15) is 19.0 Å². The topological polar surface area (TPSA) is 56.8 Å². The van der Waals surface area contributed by atoms with E-state index in [1.165, 1.54) is 0 Å². The van der Waals surface area contributed by atoms with Gasteiger partial charge in [-0.25, -0.2) is 0 Å². The minimum atomic E-state index is -0.537. The number of aryl methyl sites for hydroxylation is 2. The molecule has 2 aromatic carbocycles. The quantitative estimate of drug-likeness (QED) is 0.833. The van der Waals surface area contributed by atoms with Crippen molar-refractivity contribution in [3.8, 4) is 17.2 Å². The first-order valence-corrected chi connectivity index (χ1v) is 9.41. The number of nitrogens with one attached hydrogen (secondary N) is 1. The van der Waals surface area contributed by atoms with Crippen LogP contribution in [0.25, 0.3) is 0 Å².